The third-order valence-electron chi connectivity index (χ3n) is 10.7. The Labute approximate surface area is 360 Å². The van der Waals surface area contributed by atoms with Crippen LogP contribution >= 0.6 is 0 Å². The average molecular weight is 904 g/mol. The van der Waals surface area contributed by atoms with Crippen LogP contribution in [-0.2, 0) is 57.0 Å². The summed E-state index contributed by atoms with van der Waals surface area (Å²) in [5, 5.41) is 97.6. The summed E-state index contributed by atoms with van der Waals surface area (Å²) < 4.78 is 50.6. The van der Waals surface area contributed by atoms with Crippen molar-refractivity contribution >= 4 is 17.6 Å². The van der Waals surface area contributed by atoms with E-state index in [0.717, 1.165) is 0 Å². The van der Waals surface area contributed by atoms with Gasteiger partial charge in [0.15, 0.2) is 24.7 Å². The number of hydrogen-bond acceptors (Lipinski definition) is 22. The molecule has 0 radical (unpaired) electrons. The minimum atomic E-state index is -1.32. The predicted octanol–water partition coefficient (Wildman–Crippen LogP) is -5.85. The normalized spacial score (nSPS) is 35.0. The Morgan fingerprint density at radius 1 is 0.565 bits per heavy atom. The fourth-order valence-electron chi connectivity index (χ4n) is 7.00. The number of aliphatic hydroxyl groups excluding tert-OH is 9. The Hall–Kier alpha value is -2.15. The van der Waals surface area contributed by atoms with Crippen LogP contribution in [0.1, 0.15) is 41.0 Å². The van der Waals surface area contributed by atoms with Crippen LogP contribution in [0, 0.1) is 17.8 Å². The molecule has 0 aromatic carbocycles. The number of amides is 2. The molecule has 3 rings (SSSR count). The van der Waals surface area contributed by atoms with Crippen molar-refractivity contribution in [3.63, 3.8) is 0 Å². The van der Waals surface area contributed by atoms with Gasteiger partial charge in [-0.3, -0.25) is 14.4 Å². The molecule has 3 aliphatic rings. The molecule has 12 N–H and O–H groups in total. The van der Waals surface area contributed by atoms with Gasteiger partial charge in [0.1, 0.15) is 69.9 Å². The second kappa shape index (κ2) is 26.7. The Bertz CT molecular complexity index is 1190. The minimum Gasteiger partial charge on any atom is -0.394 e. The first kappa shape index (κ1) is 54.2. The first-order valence-corrected chi connectivity index (χ1v) is 20.7. The predicted molar refractivity (Wildman–Crippen MR) is 208 cm³/mol. The number of hydrogen-bond donors (Lipinski definition) is 12. The molecule has 0 bridgehead atoms. The maximum Gasteiger partial charge on any atom is 0.247 e. The van der Waals surface area contributed by atoms with Gasteiger partial charge in [0, 0.05) is 30.2 Å². The van der Waals surface area contributed by atoms with E-state index in [9.17, 15) is 60.3 Å². The second-order valence-electron chi connectivity index (χ2n) is 16.2. The fourth-order valence-corrected chi connectivity index (χ4v) is 7.00. The Morgan fingerprint density at radius 3 is 1.27 bits per heavy atom. The van der Waals surface area contributed by atoms with Crippen molar-refractivity contribution in [2.45, 2.75) is 126 Å². The molecule has 2 amide bonds. The molecular weight excluding hydrogens is 834 g/mol. The van der Waals surface area contributed by atoms with Gasteiger partial charge in [-0.05, 0) is 0 Å². The highest BCUT2D eigenvalue weighted by Gasteiger charge is 2.45. The lowest BCUT2D eigenvalue weighted by Gasteiger charge is -2.40. The van der Waals surface area contributed by atoms with Crippen LogP contribution in [0.15, 0.2) is 0 Å². The summed E-state index contributed by atoms with van der Waals surface area (Å²) in [4.78, 5) is 38.3. The van der Waals surface area contributed by atoms with Crippen LogP contribution in [0.25, 0.3) is 0 Å². The number of ether oxygens (including phenoxy) is 9. The van der Waals surface area contributed by atoms with Crippen LogP contribution in [0.4, 0.5) is 0 Å². The molecule has 0 spiro atoms. The molecule has 0 aromatic heterocycles. The maximum atomic E-state index is 12.8. The molecule has 0 aromatic rings. The molecule has 24 heteroatoms. The second-order valence-corrected chi connectivity index (χ2v) is 16.2. The van der Waals surface area contributed by atoms with E-state index in [1.165, 1.54) is 0 Å². The zero-order valence-corrected chi connectivity index (χ0v) is 35.9. The number of carbonyl (C=O) groups is 3. The third kappa shape index (κ3) is 16.1. The van der Waals surface area contributed by atoms with E-state index in [-0.39, 0.29) is 58.1 Å². The molecular formula is C38H69N3O21. The van der Waals surface area contributed by atoms with Gasteiger partial charge >= 0.3 is 0 Å². The van der Waals surface area contributed by atoms with E-state index in [4.69, 9.17) is 42.6 Å². The van der Waals surface area contributed by atoms with Gasteiger partial charge in [0.05, 0.1) is 70.1 Å². The molecule has 15 atom stereocenters. The van der Waals surface area contributed by atoms with Crippen molar-refractivity contribution in [2.75, 3.05) is 79.5 Å². The van der Waals surface area contributed by atoms with Crippen molar-refractivity contribution in [2.24, 2.45) is 17.8 Å². The van der Waals surface area contributed by atoms with E-state index >= 15 is 0 Å². The molecule has 0 aliphatic carbocycles. The quantitative estimate of drug-likeness (QED) is 0.0342. The molecule has 3 heterocycles. The SMILES string of the molecule is CC(C)NC(COCC(=O)CCO[C@@H]1OC(CO)[C@H](O)[C@H](O)C1C)(COCC(=O)NCO[C@@H]1OC(CO)[C@H](O)[C@H](O)C1C)COCC(=O)NCO[C@@H]1OC(CO)[C@H](O)[C@H](O)C1C. The van der Waals surface area contributed by atoms with Gasteiger partial charge in [-0.15, -0.1) is 0 Å². The zero-order valence-electron chi connectivity index (χ0n) is 35.9. The first-order valence-electron chi connectivity index (χ1n) is 20.7. The standard InChI is InChI=1S/C38H69N3O21/c1-19(2)41-38(14-54-11-23(45)6-7-57-35-20(3)29(48)32(51)24(8-42)60-35,15-55-12-27(46)39-17-58-36-21(4)30(49)33(52)25(9-43)61-36)16-56-13-28(47)40-18-59-37-22(5)31(50)34(53)26(10-44)62-37/h19-22,24-26,29-37,41-44,48-53H,6-18H2,1-5H3,(H,39,46)(H,40,47)/t20?,21?,22?,24?,25?,26?,29-,30-,31-,32+,33+,34+,35-,36-,37-,38?/m1/s1. The fraction of sp³-hybridized carbons (Fsp3) is 0.921. The summed E-state index contributed by atoms with van der Waals surface area (Å²) >= 11 is 0. The highest BCUT2D eigenvalue weighted by molar-refractivity contribution is 5.79. The van der Waals surface area contributed by atoms with E-state index in [1.807, 2.05) is 13.8 Å². The van der Waals surface area contributed by atoms with Gasteiger partial charge in [0.2, 0.25) is 11.8 Å². The van der Waals surface area contributed by atoms with Crippen molar-refractivity contribution in [1.82, 2.24) is 16.0 Å². The van der Waals surface area contributed by atoms with Gasteiger partial charge in [0.25, 0.3) is 0 Å². The maximum absolute atomic E-state index is 12.8. The van der Waals surface area contributed by atoms with Crippen molar-refractivity contribution in [3.05, 3.63) is 0 Å². The lowest BCUT2D eigenvalue weighted by molar-refractivity contribution is -0.283. The van der Waals surface area contributed by atoms with Crippen molar-refractivity contribution < 1.29 is 103 Å². The van der Waals surface area contributed by atoms with Crippen LogP contribution < -0.4 is 16.0 Å². The average Bonchev–Trinajstić information content (AvgIpc) is 3.23. The Balaban J connectivity index is 1.56. The molecule has 62 heavy (non-hydrogen) atoms. The molecule has 362 valence electrons. The first-order chi connectivity index (χ1) is 29.4. The van der Waals surface area contributed by atoms with E-state index < -0.39 is 149 Å². The monoisotopic (exact) mass is 903 g/mol. The number of carbonyl (C=O) groups excluding carboxylic acids is 3. The topological polar surface area (TPSA) is 352 Å². The van der Waals surface area contributed by atoms with Crippen LogP contribution in [0.2, 0.25) is 0 Å². The highest BCUT2D eigenvalue weighted by Crippen LogP contribution is 2.29. The molecule has 6 unspecified atom stereocenters. The Kier molecular flexibility index (Phi) is 23.4. The van der Waals surface area contributed by atoms with Crippen molar-refractivity contribution in [1.29, 1.82) is 0 Å². The van der Waals surface area contributed by atoms with E-state index in [1.54, 1.807) is 20.8 Å². The zero-order chi connectivity index (χ0) is 46.1. The third-order valence-corrected chi connectivity index (χ3v) is 10.7. The minimum absolute atomic E-state index is 0.118. The summed E-state index contributed by atoms with van der Waals surface area (Å²) in [6, 6.07) is -0.239. The smallest absolute Gasteiger partial charge is 0.247 e. The van der Waals surface area contributed by atoms with Crippen LogP contribution in [0.5, 0.6) is 0 Å². The summed E-state index contributed by atoms with van der Waals surface area (Å²) in [7, 11) is 0. The summed E-state index contributed by atoms with van der Waals surface area (Å²) in [6.07, 6.45) is -14.1. The molecule has 3 saturated heterocycles. The van der Waals surface area contributed by atoms with Crippen LogP contribution in [-0.4, -0.2) is 228 Å². The highest BCUT2D eigenvalue weighted by atomic mass is 16.7. The van der Waals surface area contributed by atoms with Gasteiger partial charge in [-0.1, -0.05) is 34.6 Å². The number of aliphatic hydroxyl groups is 9. The lowest BCUT2D eigenvalue weighted by Crippen LogP contribution is -2.59. The number of Topliss-reactive ketones (excluding diaryl/α,β-unsaturated/α-hetero) is 1. The molecule has 0 saturated carbocycles. The Morgan fingerprint density at radius 2 is 0.919 bits per heavy atom. The summed E-state index contributed by atoms with van der Waals surface area (Å²) in [5.41, 5.74) is -1.25. The molecule has 3 fully saturated rings. The van der Waals surface area contributed by atoms with E-state index in [2.05, 4.69) is 16.0 Å². The molecule has 24 nitrogen and oxygen atoms in total. The lowest BCUT2D eigenvalue weighted by atomic mass is 9.92. The van der Waals surface area contributed by atoms with Gasteiger partial charge in [-0.25, -0.2) is 0 Å². The van der Waals surface area contributed by atoms with Crippen LogP contribution in [0.3, 0.4) is 0 Å². The van der Waals surface area contributed by atoms with Crippen molar-refractivity contribution in [3.8, 4) is 0 Å². The summed E-state index contributed by atoms with van der Waals surface area (Å²) in [6.45, 7) is 3.78. The van der Waals surface area contributed by atoms with Gasteiger partial charge < -0.3 is 105 Å². The van der Waals surface area contributed by atoms with Gasteiger partial charge in [-0.2, -0.15) is 0 Å². The number of ketones is 1. The summed E-state index contributed by atoms with van der Waals surface area (Å²) in [5.74, 6) is -3.63. The number of nitrogens with one attached hydrogen (secondary N) is 3. The van der Waals surface area contributed by atoms with E-state index in [0.29, 0.717) is 0 Å². The largest absolute Gasteiger partial charge is 0.394 e. The molecule has 3 aliphatic heterocycles. The number of rotatable bonds is 27.